The van der Waals surface area contributed by atoms with Crippen LogP contribution in [0.1, 0.15) is 296 Å². The van der Waals surface area contributed by atoms with Gasteiger partial charge in [0.1, 0.15) is 6.61 Å². The molecule has 0 saturated carbocycles. The van der Waals surface area contributed by atoms with E-state index in [1.165, 1.54) is 167 Å². The van der Waals surface area contributed by atoms with E-state index in [1.807, 2.05) is 0 Å². The van der Waals surface area contributed by atoms with Gasteiger partial charge in [-0.15, -0.1) is 0 Å². The lowest BCUT2D eigenvalue weighted by Gasteiger charge is -2.15. The molecule has 0 aromatic heterocycles. The van der Waals surface area contributed by atoms with E-state index in [1.54, 1.807) is 0 Å². The van der Waals surface area contributed by atoms with E-state index in [4.69, 9.17) is 9.47 Å². The van der Waals surface area contributed by atoms with Crippen molar-refractivity contribution in [1.82, 2.24) is 0 Å². The number of carbonyl (C=O) groups is 2. The molecule has 0 aromatic carbocycles. The fraction of sp³-hybridized carbons (Fsp3) is 0.690. The summed E-state index contributed by atoms with van der Waals surface area (Å²) in [6.45, 7) is 4.02. The zero-order valence-corrected chi connectivity index (χ0v) is 49.7. The van der Waals surface area contributed by atoms with E-state index in [2.05, 4.69) is 135 Å². The van der Waals surface area contributed by atoms with E-state index in [9.17, 15) is 14.7 Å². The van der Waals surface area contributed by atoms with Crippen LogP contribution in [0.4, 0.5) is 0 Å². The summed E-state index contributed by atoms with van der Waals surface area (Å²) in [4.78, 5) is 24.6. The Kier molecular flexibility index (Phi) is 62.4. The fourth-order valence-corrected chi connectivity index (χ4v) is 9.00. The van der Waals surface area contributed by atoms with Gasteiger partial charge in [0.2, 0.25) is 0 Å². The van der Waals surface area contributed by atoms with Crippen LogP contribution in [0.3, 0.4) is 0 Å². The van der Waals surface area contributed by atoms with Gasteiger partial charge in [-0.3, -0.25) is 9.59 Å². The zero-order chi connectivity index (χ0) is 54.8. The number of hydrogen-bond donors (Lipinski definition) is 1. The first-order valence-electron chi connectivity index (χ1n) is 32.1. The molecule has 0 amide bonds. The van der Waals surface area contributed by atoms with Crippen LogP contribution in [0, 0.1) is 0 Å². The Morgan fingerprint density at radius 2 is 0.566 bits per heavy atom. The van der Waals surface area contributed by atoms with Gasteiger partial charge in [-0.05, 0) is 89.9 Å². The first-order valence-corrected chi connectivity index (χ1v) is 32.1. The molecule has 5 nitrogen and oxygen atoms in total. The molecule has 0 fully saturated rings. The third-order valence-corrected chi connectivity index (χ3v) is 13.8. The molecular weight excluding hydrogens is 933 g/mol. The fourth-order valence-electron chi connectivity index (χ4n) is 9.00. The molecule has 1 N–H and O–H groups in total. The second kappa shape index (κ2) is 65.6. The van der Waals surface area contributed by atoms with E-state index in [0.29, 0.717) is 12.8 Å². The smallest absolute Gasteiger partial charge is 0.306 e. The van der Waals surface area contributed by atoms with Crippen LogP contribution in [-0.4, -0.2) is 36.4 Å². The molecular formula is C71H120O5. The van der Waals surface area contributed by atoms with E-state index in [0.717, 1.165) is 103 Å². The maximum absolute atomic E-state index is 12.3. The number of unbranched alkanes of at least 4 members (excludes halogenated alkanes) is 30. The van der Waals surface area contributed by atoms with Gasteiger partial charge in [0.05, 0.1) is 6.61 Å². The van der Waals surface area contributed by atoms with Crippen molar-refractivity contribution < 1.29 is 24.2 Å². The van der Waals surface area contributed by atoms with Crippen molar-refractivity contribution in [2.75, 3.05) is 13.2 Å². The van der Waals surface area contributed by atoms with Crippen LogP contribution in [0.5, 0.6) is 0 Å². The molecule has 0 aromatic rings. The lowest BCUT2D eigenvalue weighted by Crippen LogP contribution is -2.28. The average Bonchev–Trinajstić information content (AvgIpc) is 3.42. The van der Waals surface area contributed by atoms with E-state index < -0.39 is 6.10 Å². The summed E-state index contributed by atoms with van der Waals surface area (Å²) >= 11 is 0. The van der Waals surface area contributed by atoms with Crippen LogP contribution in [0.15, 0.2) is 122 Å². The number of allylic oxidation sites excluding steroid dienone is 20. The summed E-state index contributed by atoms with van der Waals surface area (Å²) in [5.41, 5.74) is 0. The molecule has 0 aliphatic carbocycles. The second-order valence-corrected chi connectivity index (χ2v) is 21.1. The number of hydrogen-bond acceptors (Lipinski definition) is 5. The highest BCUT2D eigenvalue weighted by atomic mass is 16.6. The van der Waals surface area contributed by atoms with Crippen molar-refractivity contribution in [1.29, 1.82) is 0 Å². The predicted molar refractivity (Wildman–Crippen MR) is 334 cm³/mol. The Balaban J connectivity index is 3.58. The minimum atomic E-state index is -0.804. The summed E-state index contributed by atoms with van der Waals surface area (Å²) in [6.07, 6.45) is 96.3. The number of ether oxygens (including phenoxy) is 2. The van der Waals surface area contributed by atoms with Crippen molar-refractivity contribution in [2.24, 2.45) is 0 Å². The van der Waals surface area contributed by atoms with Crippen LogP contribution >= 0.6 is 0 Å². The maximum atomic E-state index is 12.3. The third kappa shape index (κ3) is 62.8. The van der Waals surface area contributed by atoms with Gasteiger partial charge in [-0.2, -0.15) is 0 Å². The first-order chi connectivity index (χ1) is 37.6. The van der Waals surface area contributed by atoms with Gasteiger partial charge >= 0.3 is 11.9 Å². The van der Waals surface area contributed by atoms with Crippen LogP contribution < -0.4 is 0 Å². The summed E-state index contributed by atoms with van der Waals surface area (Å²) in [6, 6.07) is 0. The average molecular weight is 1050 g/mol. The Morgan fingerprint density at radius 3 is 0.855 bits per heavy atom. The van der Waals surface area contributed by atoms with Crippen LogP contribution in [0.25, 0.3) is 0 Å². The summed E-state index contributed by atoms with van der Waals surface area (Å²) in [5.74, 6) is -0.638. The molecule has 0 heterocycles. The lowest BCUT2D eigenvalue weighted by molar-refractivity contribution is -0.161. The highest BCUT2D eigenvalue weighted by Gasteiger charge is 2.16. The third-order valence-electron chi connectivity index (χ3n) is 13.8. The molecule has 0 radical (unpaired) electrons. The van der Waals surface area contributed by atoms with Gasteiger partial charge in [0.15, 0.2) is 6.10 Å². The minimum Gasteiger partial charge on any atom is -0.462 e. The summed E-state index contributed by atoms with van der Waals surface area (Å²) in [5, 5.41) is 9.67. The van der Waals surface area contributed by atoms with Gasteiger partial charge in [-0.1, -0.05) is 315 Å². The van der Waals surface area contributed by atoms with Gasteiger partial charge < -0.3 is 14.6 Å². The molecule has 0 rings (SSSR count). The SMILES string of the molecule is CC/C=C\C/C=C\C/C=C\C/C=C\C/C=C\C/C=C\C/C=C\C/C=C\C/C=C\C/C=C\CCCCC(=O)OC(CO)COC(=O)CCCCCCCCCCCCCCCCCCCCCCCCCCCCCCC. The van der Waals surface area contributed by atoms with Crippen molar-refractivity contribution in [3.8, 4) is 0 Å². The molecule has 0 aliphatic rings. The highest BCUT2D eigenvalue weighted by molar-refractivity contribution is 5.70. The van der Waals surface area contributed by atoms with Crippen molar-refractivity contribution in [3.63, 3.8) is 0 Å². The Labute approximate surface area is 471 Å². The number of aliphatic hydroxyl groups is 1. The molecule has 0 spiro atoms. The molecule has 0 aliphatic heterocycles. The van der Waals surface area contributed by atoms with Crippen molar-refractivity contribution >= 4 is 11.9 Å². The van der Waals surface area contributed by atoms with Crippen molar-refractivity contribution in [3.05, 3.63) is 122 Å². The Bertz CT molecular complexity index is 1520. The number of carbonyl (C=O) groups excluding carboxylic acids is 2. The largest absolute Gasteiger partial charge is 0.462 e. The predicted octanol–water partition coefficient (Wildman–Crippen LogP) is 22.2. The minimum absolute atomic E-state index is 0.0878. The van der Waals surface area contributed by atoms with Gasteiger partial charge in [0, 0.05) is 12.8 Å². The van der Waals surface area contributed by atoms with E-state index in [-0.39, 0.29) is 25.2 Å². The number of esters is 2. The first kappa shape index (κ1) is 72.3. The van der Waals surface area contributed by atoms with E-state index >= 15 is 0 Å². The molecule has 1 unspecified atom stereocenters. The maximum Gasteiger partial charge on any atom is 0.306 e. The topological polar surface area (TPSA) is 72.8 Å². The van der Waals surface area contributed by atoms with Gasteiger partial charge in [0.25, 0.3) is 0 Å². The quantitative estimate of drug-likeness (QED) is 0.0373. The molecule has 1 atom stereocenters. The van der Waals surface area contributed by atoms with Crippen molar-refractivity contribution in [2.45, 2.75) is 302 Å². The molecule has 0 bridgehead atoms. The Morgan fingerprint density at radius 1 is 0.316 bits per heavy atom. The highest BCUT2D eigenvalue weighted by Crippen LogP contribution is 2.17. The van der Waals surface area contributed by atoms with Crippen LogP contribution in [-0.2, 0) is 19.1 Å². The molecule has 0 saturated heterocycles. The normalized spacial score (nSPS) is 13.0. The van der Waals surface area contributed by atoms with Gasteiger partial charge in [-0.25, -0.2) is 0 Å². The lowest BCUT2D eigenvalue weighted by atomic mass is 10.0. The molecule has 434 valence electrons. The molecule has 5 heteroatoms. The van der Waals surface area contributed by atoms with Crippen LogP contribution in [0.2, 0.25) is 0 Å². The number of aliphatic hydroxyl groups excluding tert-OH is 1. The standard InChI is InChI=1S/C71H120O5/c1-3-5-7-9-11-13-15-17-19-21-23-25-27-29-31-33-34-35-36-38-40-42-44-46-48-50-52-54-56-58-60-62-64-66-71(74)76-69(67-72)68-75-70(73)65-63-61-59-57-55-53-51-49-47-45-43-41-39-37-32-30-28-26-24-22-20-18-16-14-12-10-8-6-4-2/h5,7,11,13,17,19,23,25,29,31,34-35,38,40,44,46,50,52,56,58,69,72H,3-4,6,8-10,12,14-16,18,20-22,24,26-28,30,32-33,36-37,39,41-43,45,47-49,51,53-55,57,59-68H2,1-2H3/b7-5-,13-11-,19-17-,25-23-,31-29-,35-34-,40-38-,46-44-,52-50-,58-56-. The Hall–Kier alpha value is -3.70. The number of rotatable bonds is 58. The second-order valence-electron chi connectivity index (χ2n) is 21.1. The summed E-state index contributed by atoms with van der Waals surface area (Å²) in [7, 11) is 0. The summed E-state index contributed by atoms with van der Waals surface area (Å²) < 4.78 is 10.7. The monoisotopic (exact) mass is 1050 g/mol. The molecule has 76 heavy (non-hydrogen) atoms. The zero-order valence-electron chi connectivity index (χ0n) is 49.7.